The van der Waals surface area contributed by atoms with Gasteiger partial charge in [-0.15, -0.1) is 11.3 Å². The Hall–Kier alpha value is -1.29. The van der Waals surface area contributed by atoms with Gasteiger partial charge in [0, 0.05) is 10.8 Å². The van der Waals surface area contributed by atoms with Crippen LogP contribution in [0.1, 0.15) is 51.2 Å². The van der Waals surface area contributed by atoms with Crippen LogP contribution in [0.4, 0.5) is 10.8 Å². The third-order valence-electron chi connectivity index (χ3n) is 2.75. The molecule has 0 aliphatic carbocycles. The fourth-order valence-corrected chi connectivity index (χ4v) is 2.61. The first kappa shape index (κ1) is 13.1. The molecule has 2 heterocycles. The first-order valence-electron chi connectivity index (χ1n) is 6.28. The number of aromatic nitrogens is 2. The average molecular weight is 263 g/mol. The molecule has 0 saturated carbocycles. The molecule has 0 saturated heterocycles. The zero-order valence-corrected chi connectivity index (χ0v) is 12.5. The van der Waals surface area contributed by atoms with E-state index in [1.54, 1.807) is 11.3 Å². The Balaban J connectivity index is 2.11. The first-order chi connectivity index (χ1) is 8.36. The second-order valence-electron chi connectivity index (χ2n) is 5.88. The van der Waals surface area contributed by atoms with Crippen LogP contribution in [0.2, 0.25) is 0 Å². The lowest BCUT2D eigenvalue weighted by Gasteiger charge is -2.15. The van der Waals surface area contributed by atoms with E-state index >= 15 is 0 Å². The van der Waals surface area contributed by atoms with Crippen molar-refractivity contribution >= 4 is 22.2 Å². The van der Waals surface area contributed by atoms with Gasteiger partial charge in [-0.3, -0.25) is 0 Å². The summed E-state index contributed by atoms with van der Waals surface area (Å²) in [5, 5.41) is 4.52. The van der Waals surface area contributed by atoms with Crippen LogP contribution in [0.3, 0.4) is 0 Å². The van der Waals surface area contributed by atoms with E-state index in [4.69, 9.17) is 0 Å². The largest absolute Gasteiger partial charge is 0.332 e. The van der Waals surface area contributed by atoms with Gasteiger partial charge in [0.2, 0.25) is 0 Å². The summed E-state index contributed by atoms with van der Waals surface area (Å²) in [6.07, 6.45) is 1.85. The van der Waals surface area contributed by atoms with Gasteiger partial charge in [-0.1, -0.05) is 34.6 Å². The quantitative estimate of drug-likeness (QED) is 0.847. The van der Waals surface area contributed by atoms with E-state index in [1.807, 2.05) is 6.20 Å². The minimum Gasteiger partial charge on any atom is -0.332 e. The highest BCUT2D eigenvalue weighted by atomic mass is 32.1. The van der Waals surface area contributed by atoms with Crippen LogP contribution >= 0.6 is 11.3 Å². The molecular formula is C14H21N3S. The fourth-order valence-electron chi connectivity index (χ4n) is 1.63. The molecular weight excluding hydrogens is 242 g/mol. The monoisotopic (exact) mass is 263 g/mol. The number of thiophene rings is 1. The van der Waals surface area contributed by atoms with Gasteiger partial charge in [-0.05, 0) is 17.5 Å². The molecule has 0 aliphatic heterocycles. The number of nitrogens with zero attached hydrogens (tertiary/aromatic N) is 1. The van der Waals surface area contributed by atoms with Crippen molar-refractivity contribution in [2.75, 3.05) is 5.32 Å². The highest BCUT2D eigenvalue weighted by Crippen LogP contribution is 2.33. The third-order valence-corrected chi connectivity index (χ3v) is 4.17. The Morgan fingerprint density at radius 2 is 2.00 bits per heavy atom. The summed E-state index contributed by atoms with van der Waals surface area (Å²) >= 11 is 1.79. The fraction of sp³-hybridized carbons (Fsp3) is 0.500. The normalized spacial score (nSPS) is 12.1. The van der Waals surface area contributed by atoms with Crippen molar-refractivity contribution in [1.29, 1.82) is 0 Å². The average Bonchev–Trinajstić information content (AvgIpc) is 2.85. The van der Waals surface area contributed by atoms with Crippen molar-refractivity contribution in [3.8, 4) is 0 Å². The molecule has 0 unspecified atom stereocenters. The number of hydrogen-bond acceptors (Lipinski definition) is 3. The van der Waals surface area contributed by atoms with Gasteiger partial charge in [0.05, 0.1) is 11.2 Å². The Kier molecular flexibility index (Phi) is 3.48. The predicted molar refractivity (Wildman–Crippen MR) is 79.0 cm³/mol. The van der Waals surface area contributed by atoms with Crippen molar-refractivity contribution in [2.45, 2.75) is 46.0 Å². The Morgan fingerprint density at radius 1 is 1.28 bits per heavy atom. The summed E-state index contributed by atoms with van der Waals surface area (Å²) in [5.41, 5.74) is 0.210. The summed E-state index contributed by atoms with van der Waals surface area (Å²) < 4.78 is 0. The van der Waals surface area contributed by atoms with E-state index in [1.165, 1.54) is 4.88 Å². The lowest BCUT2D eigenvalue weighted by atomic mass is 9.95. The summed E-state index contributed by atoms with van der Waals surface area (Å²) in [7, 11) is 0. The number of aromatic amines is 1. The van der Waals surface area contributed by atoms with Crippen LogP contribution in [0.25, 0.3) is 0 Å². The molecule has 2 aromatic heterocycles. The molecule has 0 bridgehead atoms. The van der Waals surface area contributed by atoms with Crippen molar-refractivity contribution < 1.29 is 0 Å². The van der Waals surface area contributed by atoms with Crippen molar-refractivity contribution in [2.24, 2.45) is 0 Å². The Morgan fingerprint density at radius 3 is 2.50 bits per heavy atom. The van der Waals surface area contributed by atoms with Crippen LogP contribution in [0.15, 0.2) is 18.3 Å². The van der Waals surface area contributed by atoms with Gasteiger partial charge in [0.15, 0.2) is 0 Å². The van der Waals surface area contributed by atoms with Gasteiger partial charge < -0.3 is 10.3 Å². The number of rotatable bonds is 3. The number of hydrogen-bond donors (Lipinski definition) is 2. The van der Waals surface area contributed by atoms with E-state index < -0.39 is 0 Å². The van der Waals surface area contributed by atoms with Crippen molar-refractivity contribution in [1.82, 2.24) is 9.97 Å². The van der Waals surface area contributed by atoms with E-state index in [-0.39, 0.29) is 5.41 Å². The number of anilines is 2. The van der Waals surface area contributed by atoms with Gasteiger partial charge in [0.25, 0.3) is 0 Å². The Bertz CT molecular complexity index is 517. The van der Waals surface area contributed by atoms with Crippen LogP contribution < -0.4 is 5.32 Å². The maximum absolute atomic E-state index is 4.35. The zero-order valence-electron chi connectivity index (χ0n) is 11.7. The number of imidazole rings is 1. The van der Waals surface area contributed by atoms with Gasteiger partial charge in [-0.2, -0.15) is 0 Å². The van der Waals surface area contributed by atoms with Crippen LogP contribution in [-0.2, 0) is 5.41 Å². The molecule has 2 N–H and O–H groups in total. The molecule has 2 aromatic rings. The molecule has 4 heteroatoms. The predicted octanol–water partition coefficient (Wildman–Crippen LogP) is 4.64. The van der Waals surface area contributed by atoms with Gasteiger partial charge in [-0.25, -0.2) is 4.98 Å². The molecule has 2 rings (SSSR count). The number of H-pyrrole nitrogens is 1. The van der Waals surface area contributed by atoms with E-state index in [9.17, 15) is 0 Å². The second kappa shape index (κ2) is 4.76. The lowest BCUT2D eigenvalue weighted by Crippen LogP contribution is -2.07. The minimum atomic E-state index is 0.210. The van der Waals surface area contributed by atoms with E-state index in [0.717, 1.165) is 16.6 Å². The molecule has 0 fully saturated rings. The third kappa shape index (κ3) is 2.93. The molecule has 0 spiro atoms. The molecule has 18 heavy (non-hydrogen) atoms. The van der Waals surface area contributed by atoms with Crippen LogP contribution in [0, 0.1) is 0 Å². The van der Waals surface area contributed by atoms with Crippen LogP contribution in [-0.4, -0.2) is 9.97 Å². The minimum absolute atomic E-state index is 0.210. The first-order valence-corrected chi connectivity index (χ1v) is 7.10. The van der Waals surface area contributed by atoms with Crippen molar-refractivity contribution in [3.63, 3.8) is 0 Å². The summed E-state index contributed by atoms with van der Waals surface area (Å²) in [5.74, 6) is 2.40. The second-order valence-corrected chi connectivity index (χ2v) is 6.96. The topological polar surface area (TPSA) is 40.7 Å². The number of nitrogens with one attached hydrogen (secondary N) is 2. The van der Waals surface area contributed by atoms with Gasteiger partial charge >= 0.3 is 0 Å². The van der Waals surface area contributed by atoms with Crippen molar-refractivity contribution in [3.05, 3.63) is 29.0 Å². The van der Waals surface area contributed by atoms with Crippen LogP contribution in [0.5, 0.6) is 0 Å². The molecule has 0 aliphatic rings. The smallest absolute Gasteiger partial charge is 0.128 e. The molecule has 3 nitrogen and oxygen atoms in total. The summed E-state index contributed by atoms with van der Waals surface area (Å²) in [6.45, 7) is 11.0. The molecule has 0 amide bonds. The molecule has 98 valence electrons. The molecule has 0 aromatic carbocycles. The lowest BCUT2D eigenvalue weighted by molar-refractivity contribution is 0.604. The van der Waals surface area contributed by atoms with Gasteiger partial charge in [0.1, 0.15) is 11.6 Å². The summed E-state index contributed by atoms with van der Waals surface area (Å²) in [4.78, 5) is 9.03. The molecule has 0 radical (unpaired) electrons. The van der Waals surface area contributed by atoms with E-state index in [0.29, 0.717) is 5.92 Å². The highest BCUT2D eigenvalue weighted by Gasteiger charge is 2.16. The summed E-state index contributed by atoms with van der Waals surface area (Å²) in [6, 6.07) is 4.31. The zero-order chi connectivity index (χ0) is 13.3. The Labute approximate surface area is 113 Å². The molecule has 0 atom stereocenters. The van der Waals surface area contributed by atoms with E-state index in [2.05, 4.69) is 62.0 Å². The maximum atomic E-state index is 4.35. The standard InChI is InChI=1S/C14H21N3S/c1-9(2)13-15-8-11(17-13)16-12-7-6-10(18-12)14(3,4)5/h6-9,16H,1-5H3,(H,15,17). The SMILES string of the molecule is CC(C)c1ncc(Nc2ccc(C(C)(C)C)s2)[nH]1. The maximum Gasteiger partial charge on any atom is 0.128 e. The highest BCUT2D eigenvalue weighted by molar-refractivity contribution is 7.16.